The van der Waals surface area contributed by atoms with E-state index in [4.69, 9.17) is 0 Å². The van der Waals surface area contributed by atoms with Crippen molar-refractivity contribution in [2.75, 3.05) is 18.0 Å². The summed E-state index contributed by atoms with van der Waals surface area (Å²) in [6.45, 7) is 6.86. The fourth-order valence-electron chi connectivity index (χ4n) is 3.72. The Bertz CT molecular complexity index is 699. The first-order chi connectivity index (χ1) is 12.7. The van der Waals surface area contributed by atoms with E-state index in [-0.39, 0.29) is 5.91 Å². The Morgan fingerprint density at radius 2 is 1.96 bits per heavy atom. The molecular formula is C22H29N3O. The van der Waals surface area contributed by atoms with Gasteiger partial charge in [-0.05, 0) is 50.3 Å². The Labute approximate surface area is 156 Å². The van der Waals surface area contributed by atoms with Crippen LogP contribution in [0.15, 0.2) is 48.7 Å². The molecule has 1 amide bonds. The molecule has 0 bridgehead atoms. The van der Waals surface area contributed by atoms with Gasteiger partial charge in [-0.3, -0.25) is 4.79 Å². The molecule has 1 aliphatic heterocycles. The zero-order valence-corrected chi connectivity index (χ0v) is 15.9. The number of carbonyl (C=O) groups excluding carboxylic acids is 1. The van der Waals surface area contributed by atoms with Crippen molar-refractivity contribution in [3.05, 3.63) is 59.8 Å². The highest BCUT2D eigenvalue weighted by Crippen LogP contribution is 2.22. The van der Waals surface area contributed by atoms with Crippen LogP contribution in [0.5, 0.6) is 0 Å². The summed E-state index contributed by atoms with van der Waals surface area (Å²) in [6, 6.07) is 14.7. The molecule has 1 atom stereocenters. The molecular weight excluding hydrogens is 322 g/mol. The minimum atomic E-state index is 0.127. The van der Waals surface area contributed by atoms with Gasteiger partial charge in [-0.25, -0.2) is 4.98 Å². The minimum absolute atomic E-state index is 0.127. The number of hydrogen-bond donors (Lipinski definition) is 0. The van der Waals surface area contributed by atoms with Crippen LogP contribution < -0.4 is 4.90 Å². The predicted molar refractivity (Wildman–Crippen MR) is 106 cm³/mol. The Balaban J connectivity index is 1.71. The zero-order chi connectivity index (χ0) is 18.4. The van der Waals surface area contributed by atoms with Gasteiger partial charge in [-0.1, -0.05) is 37.3 Å². The third-order valence-electron chi connectivity index (χ3n) is 5.28. The largest absolute Gasteiger partial charge is 0.353 e. The number of pyridine rings is 1. The van der Waals surface area contributed by atoms with Gasteiger partial charge in [-0.15, -0.1) is 0 Å². The van der Waals surface area contributed by atoms with Crippen molar-refractivity contribution in [1.29, 1.82) is 0 Å². The van der Waals surface area contributed by atoms with E-state index in [1.165, 1.54) is 12.0 Å². The molecule has 138 valence electrons. The van der Waals surface area contributed by atoms with Crippen molar-refractivity contribution >= 4 is 11.7 Å². The van der Waals surface area contributed by atoms with Gasteiger partial charge in [-0.2, -0.15) is 0 Å². The summed E-state index contributed by atoms with van der Waals surface area (Å²) in [5.41, 5.74) is 1.96. The Morgan fingerprint density at radius 1 is 1.15 bits per heavy atom. The molecule has 0 spiro atoms. The maximum absolute atomic E-state index is 12.9. The molecule has 0 N–H and O–H groups in total. The van der Waals surface area contributed by atoms with E-state index in [1.54, 1.807) is 6.20 Å². The van der Waals surface area contributed by atoms with Crippen LogP contribution in [0.2, 0.25) is 0 Å². The molecule has 3 rings (SSSR count). The Hall–Kier alpha value is -2.36. The second-order valence-corrected chi connectivity index (χ2v) is 6.96. The number of rotatable bonds is 6. The summed E-state index contributed by atoms with van der Waals surface area (Å²) in [6.07, 6.45) is 6.22. The van der Waals surface area contributed by atoms with Crippen LogP contribution >= 0.6 is 0 Å². The van der Waals surface area contributed by atoms with E-state index in [1.807, 2.05) is 23.1 Å². The minimum Gasteiger partial charge on any atom is -0.353 e. The molecule has 1 unspecified atom stereocenters. The van der Waals surface area contributed by atoms with E-state index >= 15 is 0 Å². The number of piperidine rings is 1. The van der Waals surface area contributed by atoms with Crippen molar-refractivity contribution < 1.29 is 4.79 Å². The number of amides is 1. The molecule has 4 nitrogen and oxygen atoms in total. The predicted octanol–water partition coefficient (Wildman–Crippen LogP) is 4.51. The Morgan fingerprint density at radius 3 is 2.62 bits per heavy atom. The topological polar surface area (TPSA) is 36.4 Å². The summed E-state index contributed by atoms with van der Waals surface area (Å²) in [7, 11) is 0. The first kappa shape index (κ1) is 18.4. The zero-order valence-electron chi connectivity index (χ0n) is 15.9. The number of carbonyl (C=O) groups is 1. The monoisotopic (exact) mass is 351 g/mol. The molecule has 1 saturated heterocycles. The molecule has 26 heavy (non-hydrogen) atoms. The van der Waals surface area contributed by atoms with Crippen molar-refractivity contribution in [2.45, 2.75) is 52.1 Å². The van der Waals surface area contributed by atoms with Crippen LogP contribution in [0.4, 0.5) is 5.82 Å². The number of aromatic nitrogens is 1. The molecule has 2 heterocycles. The van der Waals surface area contributed by atoms with Crippen LogP contribution in [0.3, 0.4) is 0 Å². The van der Waals surface area contributed by atoms with Crippen molar-refractivity contribution in [3.63, 3.8) is 0 Å². The van der Waals surface area contributed by atoms with E-state index < -0.39 is 0 Å². The maximum Gasteiger partial charge on any atom is 0.255 e. The van der Waals surface area contributed by atoms with Crippen molar-refractivity contribution in [2.24, 2.45) is 0 Å². The van der Waals surface area contributed by atoms with Gasteiger partial charge in [0.2, 0.25) is 0 Å². The normalized spacial score (nSPS) is 17.2. The lowest BCUT2D eigenvalue weighted by Gasteiger charge is -2.35. The maximum atomic E-state index is 12.9. The van der Waals surface area contributed by atoms with Crippen LogP contribution in [0, 0.1) is 0 Å². The highest BCUT2D eigenvalue weighted by Gasteiger charge is 2.26. The van der Waals surface area contributed by atoms with Crippen LogP contribution in [0.1, 0.15) is 55.5 Å². The molecule has 2 aromatic rings. The standard InChI is InChI=1S/C22H29N3O/c1-3-20-12-8-9-15-25(20)22(26)19-13-14-21(23-16-19)24(4-2)17-18-10-6-5-7-11-18/h5-7,10-11,13-14,16,20H,3-4,8-9,12,15,17H2,1-2H3. The molecule has 1 fully saturated rings. The van der Waals surface area contributed by atoms with Gasteiger partial charge in [0.25, 0.3) is 5.91 Å². The number of hydrogen-bond acceptors (Lipinski definition) is 3. The summed E-state index contributed by atoms with van der Waals surface area (Å²) in [5.74, 6) is 1.04. The molecule has 1 aliphatic rings. The number of anilines is 1. The third kappa shape index (κ3) is 4.24. The number of benzene rings is 1. The molecule has 0 saturated carbocycles. The highest BCUT2D eigenvalue weighted by molar-refractivity contribution is 5.94. The SMILES string of the molecule is CCC1CCCCN1C(=O)c1ccc(N(CC)Cc2ccccc2)nc1. The van der Waals surface area contributed by atoms with Crippen molar-refractivity contribution in [3.8, 4) is 0 Å². The first-order valence-corrected chi connectivity index (χ1v) is 9.78. The van der Waals surface area contributed by atoms with Crippen LogP contribution in [-0.2, 0) is 6.54 Å². The summed E-state index contributed by atoms with van der Waals surface area (Å²) in [5, 5.41) is 0. The second kappa shape index (κ2) is 8.84. The van der Waals surface area contributed by atoms with Gasteiger partial charge in [0.15, 0.2) is 0 Å². The average Bonchev–Trinajstić information content (AvgIpc) is 2.72. The van der Waals surface area contributed by atoms with E-state index in [0.29, 0.717) is 11.6 Å². The van der Waals surface area contributed by atoms with E-state index in [2.05, 4.69) is 48.0 Å². The number of likely N-dealkylation sites (tertiary alicyclic amines) is 1. The lowest BCUT2D eigenvalue weighted by Crippen LogP contribution is -2.43. The average molecular weight is 351 g/mol. The van der Waals surface area contributed by atoms with Crippen LogP contribution in [-0.4, -0.2) is 34.9 Å². The summed E-state index contributed by atoms with van der Waals surface area (Å²) in [4.78, 5) is 21.7. The fraction of sp³-hybridized carbons (Fsp3) is 0.455. The Kier molecular flexibility index (Phi) is 6.26. The lowest BCUT2D eigenvalue weighted by atomic mass is 9.99. The highest BCUT2D eigenvalue weighted by atomic mass is 16.2. The smallest absolute Gasteiger partial charge is 0.255 e. The van der Waals surface area contributed by atoms with Gasteiger partial charge < -0.3 is 9.80 Å². The molecule has 4 heteroatoms. The molecule has 0 radical (unpaired) electrons. The van der Waals surface area contributed by atoms with Gasteiger partial charge in [0.1, 0.15) is 5.82 Å². The van der Waals surface area contributed by atoms with Gasteiger partial charge >= 0.3 is 0 Å². The van der Waals surface area contributed by atoms with E-state index in [0.717, 1.165) is 44.7 Å². The molecule has 1 aromatic carbocycles. The summed E-state index contributed by atoms with van der Waals surface area (Å²) >= 11 is 0. The second-order valence-electron chi connectivity index (χ2n) is 6.96. The van der Waals surface area contributed by atoms with E-state index in [9.17, 15) is 4.79 Å². The quantitative estimate of drug-likeness (QED) is 0.768. The summed E-state index contributed by atoms with van der Waals surface area (Å²) < 4.78 is 0. The number of nitrogens with zero attached hydrogens (tertiary/aromatic N) is 3. The third-order valence-corrected chi connectivity index (χ3v) is 5.28. The van der Waals surface area contributed by atoms with Crippen LogP contribution in [0.25, 0.3) is 0 Å². The fourth-order valence-corrected chi connectivity index (χ4v) is 3.72. The lowest BCUT2D eigenvalue weighted by molar-refractivity contribution is 0.0607. The first-order valence-electron chi connectivity index (χ1n) is 9.78. The van der Waals surface area contributed by atoms with Gasteiger partial charge in [0.05, 0.1) is 5.56 Å². The molecule has 1 aromatic heterocycles. The van der Waals surface area contributed by atoms with Crippen molar-refractivity contribution in [1.82, 2.24) is 9.88 Å². The van der Waals surface area contributed by atoms with Gasteiger partial charge in [0, 0.05) is 31.9 Å². The molecule has 0 aliphatic carbocycles.